The minimum atomic E-state index is -0.663. The molecule has 2 aromatic rings. The maximum Gasteiger partial charge on any atom is 0.332 e. The van der Waals surface area contributed by atoms with Gasteiger partial charge in [0.25, 0.3) is 5.56 Å². The summed E-state index contributed by atoms with van der Waals surface area (Å²) in [7, 11) is 2.94. The minimum absolute atomic E-state index is 0.239. The van der Waals surface area contributed by atoms with Gasteiger partial charge < -0.3 is 21.1 Å². The van der Waals surface area contributed by atoms with Gasteiger partial charge in [-0.2, -0.15) is 4.98 Å². The monoisotopic (exact) mass is 282 g/mol. The Kier molecular flexibility index (Phi) is 3.64. The predicted octanol–water partition coefficient (Wildman–Crippen LogP) is -1.92. The van der Waals surface area contributed by atoms with Crippen LogP contribution in [0.4, 0.5) is 5.95 Å². The van der Waals surface area contributed by atoms with Crippen molar-refractivity contribution in [2.75, 3.05) is 11.9 Å². The largest absolute Gasteiger partial charge is 0.392 e. The first-order valence-corrected chi connectivity index (χ1v) is 6.16. The van der Waals surface area contributed by atoms with Crippen molar-refractivity contribution in [2.45, 2.75) is 19.1 Å². The number of anilines is 1. The van der Waals surface area contributed by atoms with E-state index in [-0.39, 0.29) is 17.7 Å². The first kappa shape index (κ1) is 14.3. The molecule has 2 heterocycles. The van der Waals surface area contributed by atoms with Gasteiger partial charge >= 0.3 is 5.69 Å². The molecule has 0 aliphatic carbocycles. The molecule has 5 N–H and O–H groups in total. The van der Waals surface area contributed by atoms with Gasteiger partial charge in [0.1, 0.15) is 0 Å². The normalized spacial score (nSPS) is 14.4. The summed E-state index contributed by atoms with van der Waals surface area (Å²) in [6.45, 7) is 1.87. The summed E-state index contributed by atoms with van der Waals surface area (Å²) >= 11 is 0. The summed E-state index contributed by atoms with van der Waals surface area (Å²) in [5, 5.41) is 12.2. The number of fused-ring (bicyclic) bond motifs is 1. The molecule has 2 aromatic heterocycles. The molecule has 0 fully saturated rings. The van der Waals surface area contributed by atoms with Crippen molar-refractivity contribution < 1.29 is 5.11 Å². The molecule has 2 rings (SSSR count). The van der Waals surface area contributed by atoms with Crippen molar-refractivity contribution >= 4 is 17.1 Å². The summed E-state index contributed by atoms with van der Waals surface area (Å²) in [5.74, 6) is 0.328. The highest BCUT2D eigenvalue weighted by molar-refractivity contribution is 5.72. The molecule has 0 saturated heterocycles. The third-order valence-electron chi connectivity index (χ3n) is 3.22. The van der Waals surface area contributed by atoms with Crippen molar-refractivity contribution in [2.24, 2.45) is 19.8 Å². The first-order chi connectivity index (χ1) is 9.32. The zero-order valence-corrected chi connectivity index (χ0v) is 11.5. The van der Waals surface area contributed by atoms with E-state index in [1.807, 2.05) is 0 Å². The van der Waals surface area contributed by atoms with Crippen LogP contribution < -0.4 is 22.3 Å². The van der Waals surface area contributed by atoms with Gasteiger partial charge in [0, 0.05) is 26.7 Å². The molecule has 20 heavy (non-hydrogen) atoms. The number of aliphatic hydroxyl groups is 1. The highest BCUT2D eigenvalue weighted by Crippen LogP contribution is 2.08. The average molecular weight is 282 g/mol. The average Bonchev–Trinajstić information content (AvgIpc) is 2.84. The molecule has 0 saturated carbocycles. The number of aliphatic hydroxyl groups excluding tert-OH is 1. The molecular formula is C11H18N6O3. The van der Waals surface area contributed by atoms with Crippen LogP contribution in [0.15, 0.2) is 9.59 Å². The van der Waals surface area contributed by atoms with Gasteiger partial charge in [0.05, 0.1) is 6.10 Å². The van der Waals surface area contributed by atoms with E-state index in [2.05, 4.69) is 15.3 Å². The van der Waals surface area contributed by atoms with Crippen LogP contribution in [0.1, 0.15) is 6.92 Å². The van der Waals surface area contributed by atoms with E-state index < -0.39 is 23.4 Å². The van der Waals surface area contributed by atoms with E-state index in [0.29, 0.717) is 5.95 Å². The second-order valence-corrected chi connectivity index (χ2v) is 4.78. The lowest BCUT2D eigenvalue weighted by molar-refractivity contribution is 0.168. The SMILES string of the molecule is CC(O)C(N)CNc1nc2c([nH]1)c(=O)n(C)c(=O)n2C. The van der Waals surface area contributed by atoms with Crippen LogP contribution in [0.25, 0.3) is 11.2 Å². The molecule has 0 bridgehead atoms. The van der Waals surface area contributed by atoms with E-state index in [4.69, 9.17) is 5.73 Å². The molecule has 2 atom stereocenters. The number of hydrogen-bond donors (Lipinski definition) is 4. The van der Waals surface area contributed by atoms with Crippen molar-refractivity contribution in [3.8, 4) is 0 Å². The lowest BCUT2D eigenvalue weighted by atomic mass is 10.2. The summed E-state index contributed by atoms with van der Waals surface area (Å²) in [5.41, 5.74) is 5.32. The minimum Gasteiger partial charge on any atom is -0.392 e. The Hall–Kier alpha value is -2.13. The van der Waals surface area contributed by atoms with Crippen LogP contribution in [0.2, 0.25) is 0 Å². The van der Waals surface area contributed by atoms with Crippen LogP contribution in [0.3, 0.4) is 0 Å². The maximum absolute atomic E-state index is 11.9. The predicted molar refractivity (Wildman–Crippen MR) is 74.7 cm³/mol. The Bertz CT molecular complexity index is 741. The fraction of sp³-hybridized carbons (Fsp3) is 0.545. The fourth-order valence-electron chi connectivity index (χ4n) is 1.79. The molecular weight excluding hydrogens is 264 g/mol. The summed E-state index contributed by atoms with van der Waals surface area (Å²) in [6.07, 6.45) is -0.663. The Morgan fingerprint density at radius 3 is 2.65 bits per heavy atom. The smallest absolute Gasteiger partial charge is 0.332 e. The summed E-state index contributed by atoms with van der Waals surface area (Å²) in [4.78, 5) is 30.7. The van der Waals surface area contributed by atoms with Gasteiger partial charge in [-0.15, -0.1) is 0 Å². The highest BCUT2D eigenvalue weighted by Gasteiger charge is 2.14. The number of nitrogens with zero attached hydrogens (tertiary/aromatic N) is 3. The fourth-order valence-corrected chi connectivity index (χ4v) is 1.79. The lowest BCUT2D eigenvalue weighted by Crippen LogP contribution is -2.38. The Balaban J connectivity index is 2.40. The van der Waals surface area contributed by atoms with Crippen LogP contribution in [-0.2, 0) is 14.1 Å². The number of aromatic amines is 1. The molecule has 9 nitrogen and oxygen atoms in total. The number of aromatic nitrogens is 4. The standard InChI is InChI=1S/C11H18N6O3/c1-5(18)6(12)4-13-10-14-7-8(15-10)16(2)11(20)17(3)9(7)19/h5-6,18H,4,12H2,1-3H3,(H2,13,14,15). The molecule has 0 aliphatic rings. The molecule has 0 spiro atoms. The van der Waals surface area contributed by atoms with Gasteiger partial charge in [0.15, 0.2) is 11.2 Å². The molecule has 0 amide bonds. The van der Waals surface area contributed by atoms with E-state index in [1.165, 1.54) is 18.7 Å². The highest BCUT2D eigenvalue weighted by atomic mass is 16.3. The van der Waals surface area contributed by atoms with E-state index in [1.54, 1.807) is 6.92 Å². The second-order valence-electron chi connectivity index (χ2n) is 4.78. The maximum atomic E-state index is 11.9. The Morgan fingerprint density at radius 1 is 1.40 bits per heavy atom. The van der Waals surface area contributed by atoms with Crippen molar-refractivity contribution in [1.29, 1.82) is 0 Å². The molecule has 0 aliphatic heterocycles. The van der Waals surface area contributed by atoms with Gasteiger partial charge in [-0.3, -0.25) is 13.9 Å². The summed E-state index contributed by atoms with van der Waals surface area (Å²) < 4.78 is 2.29. The number of rotatable bonds is 4. The molecule has 110 valence electrons. The van der Waals surface area contributed by atoms with Crippen LogP contribution in [0, 0.1) is 0 Å². The third kappa shape index (κ3) is 2.32. The van der Waals surface area contributed by atoms with E-state index >= 15 is 0 Å². The quantitative estimate of drug-likeness (QED) is 0.517. The summed E-state index contributed by atoms with van der Waals surface area (Å²) in [6, 6.07) is -0.463. The topological polar surface area (TPSA) is 131 Å². The zero-order chi connectivity index (χ0) is 15.0. The lowest BCUT2D eigenvalue weighted by Gasteiger charge is -2.14. The number of aryl methyl sites for hydroxylation is 1. The van der Waals surface area contributed by atoms with E-state index in [9.17, 15) is 14.7 Å². The van der Waals surface area contributed by atoms with Crippen molar-refractivity contribution in [3.63, 3.8) is 0 Å². The van der Waals surface area contributed by atoms with E-state index in [0.717, 1.165) is 4.57 Å². The first-order valence-electron chi connectivity index (χ1n) is 6.16. The Morgan fingerprint density at radius 2 is 2.05 bits per heavy atom. The molecule has 9 heteroatoms. The number of imidazole rings is 1. The van der Waals surface area contributed by atoms with Gasteiger partial charge in [0.2, 0.25) is 5.95 Å². The Labute approximate surface area is 114 Å². The number of nitrogens with one attached hydrogen (secondary N) is 2. The number of H-pyrrole nitrogens is 1. The van der Waals surface area contributed by atoms with Crippen LogP contribution >= 0.6 is 0 Å². The zero-order valence-electron chi connectivity index (χ0n) is 11.5. The molecule has 0 radical (unpaired) electrons. The van der Waals surface area contributed by atoms with Gasteiger partial charge in [-0.25, -0.2) is 4.79 Å². The number of nitrogens with two attached hydrogens (primary N) is 1. The van der Waals surface area contributed by atoms with Crippen LogP contribution in [-0.4, -0.2) is 42.9 Å². The second kappa shape index (κ2) is 5.10. The van der Waals surface area contributed by atoms with Crippen molar-refractivity contribution in [3.05, 3.63) is 20.8 Å². The number of hydrogen-bond acceptors (Lipinski definition) is 6. The molecule has 2 unspecified atom stereocenters. The molecule has 0 aromatic carbocycles. The third-order valence-corrected chi connectivity index (χ3v) is 3.22. The van der Waals surface area contributed by atoms with Crippen molar-refractivity contribution in [1.82, 2.24) is 19.1 Å². The van der Waals surface area contributed by atoms with Gasteiger partial charge in [-0.05, 0) is 6.92 Å². The van der Waals surface area contributed by atoms with Gasteiger partial charge in [-0.1, -0.05) is 0 Å². The van der Waals surface area contributed by atoms with Crippen LogP contribution in [0.5, 0.6) is 0 Å².